The molecule has 0 aliphatic heterocycles. The van der Waals surface area contributed by atoms with Crippen LogP contribution < -0.4 is 0 Å². The molecule has 1 N–H and O–H groups in total. The number of hydrogen-bond donors (Lipinski definition) is 1. The van der Waals surface area contributed by atoms with E-state index in [0.717, 1.165) is 44.9 Å². The van der Waals surface area contributed by atoms with E-state index in [0.29, 0.717) is 11.5 Å². The highest BCUT2D eigenvalue weighted by atomic mass is 32.1. The maximum atomic E-state index is 5.72. The number of fused-ring (bicyclic) bond motifs is 1. The van der Waals surface area contributed by atoms with Gasteiger partial charge in [0.1, 0.15) is 5.69 Å². The molecular weight excluding hydrogens is 364 g/mol. The number of para-hydroxylation sites is 1. The molecular formula is C23H26N4S. The van der Waals surface area contributed by atoms with Crippen molar-refractivity contribution in [2.24, 2.45) is 23.2 Å². The van der Waals surface area contributed by atoms with E-state index in [4.69, 9.17) is 17.2 Å². The lowest BCUT2D eigenvalue weighted by molar-refractivity contribution is -0.0788. The first kappa shape index (κ1) is 16.9. The SMILES string of the molecule is CC(n1c(-c2ccc3ccccc3n2)n[nH]c1=S)C12CC3CC(CC(C3)C1)C2. The zero-order chi connectivity index (χ0) is 18.9. The first-order valence-corrected chi connectivity index (χ1v) is 11.1. The highest BCUT2D eigenvalue weighted by Crippen LogP contribution is 2.63. The van der Waals surface area contributed by atoms with Gasteiger partial charge in [-0.1, -0.05) is 24.3 Å². The molecule has 4 aliphatic rings. The van der Waals surface area contributed by atoms with Gasteiger partial charge in [0.2, 0.25) is 0 Å². The van der Waals surface area contributed by atoms with Gasteiger partial charge < -0.3 is 0 Å². The summed E-state index contributed by atoms with van der Waals surface area (Å²) in [6.45, 7) is 2.38. The summed E-state index contributed by atoms with van der Waals surface area (Å²) >= 11 is 5.72. The summed E-state index contributed by atoms with van der Waals surface area (Å²) in [5.74, 6) is 3.67. The number of rotatable bonds is 3. The third kappa shape index (κ3) is 2.45. The quantitative estimate of drug-likeness (QED) is 0.564. The van der Waals surface area contributed by atoms with Crippen molar-refractivity contribution in [2.75, 3.05) is 0 Å². The average Bonchev–Trinajstić information content (AvgIpc) is 3.07. The Hall–Kier alpha value is -2.01. The molecule has 4 nitrogen and oxygen atoms in total. The van der Waals surface area contributed by atoms with Crippen molar-refractivity contribution in [1.82, 2.24) is 19.7 Å². The molecule has 0 saturated heterocycles. The van der Waals surface area contributed by atoms with E-state index >= 15 is 0 Å². The minimum Gasteiger partial charge on any atom is -0.295 e. The Morgan fingerprint density at radius 3 is 2.43 bits per heavy atom. The van der Waals surface area contributed by atoms with Crippen LogP contribution in [0.25, 0.3) is 22.4 Å². The van der Waals surface area contributed by atoms with Crippen molar-refractivity contribution in [3.63, 3.8) is 0 Å². The zero-order valence-electron chi connectivity index (χ0n) is 16.3. The summed E-state index contributed by atoms with van der Waals surface area (Å²) in [6, 6.07) is 12.8. The smallest absolute Gasteiger partial charge is 0.195 e. The summed E-state index contributed by atoms with van der Waals surface area (Å²) in [4.78, 5) is 4.90. The van der Waals surface area contributed by atoms with Crippen molar-refractivity contribution in [1.29, 1.82) is 0 Å². The molecule has 3 aromatic rings. The van der Waals surface area contributed by atoms with E-state index in [2.05, 4.69) is 52.0 Å². The van der Waals surface area contributed by atoms with Crippen molar-refractivity contribution in [2.45, 2.75) is 51.5 Å². The Balaban J connectivity index is 1.44. The van der Waals surface area contributed by atoms with Gasteiger partial charge >= 0.3 is 0 Å². The van der Waals surface area contributed by atoms with Crippen LogP contribution in [0, 0.1) is 27.9 Å². The number of pyridine rings is 1. The molecule has 28 heavy (non-hydrogen) atoms. The van der Waals surface area contributed by atoms with E-state index in [-0.39, 0.29) is 0 Å². The number of nitrogens with one attached hydrogen (secondary N) is 1. The lowest BCUT2D eigenvalue weighted by Gasteiger charge is -2.59. The molecule has 2 heterocycles. The Kier molecular flexibility index (Phi) is 3.62. The topological polar surface area (TPSA) is 46.5 Å². The highest BCUT2D eigenvalue weighted by Gasteiger charge is 2.54. The minimum absolute atomic E-state index is 0.357. The number of hydrogen-bond acceptors (Lipinski definition) is 3. The van der Waals surface area contributed by atoms with Crippen LogP contribution in [-0.2, 0) is 0 Å². The van der Waals surface area contributed by atoms with Crippen LogP contribution in [0.5, 0.6) is 0 Å². The molecule has 0 radical (unpaired) electrons. The molecule has 144 valence electrons. The van der Waals surface area contributed by atoms with Crippen molar-refractivity contribution in [3.8, 4) is 11.5 Å². The van der Waals surface area contributed by atoms with Crippen molar-refractivity contribution < 1.29 is 0 Å². The summed E-state index contributed by atoms with van der Waals surface area (Å²) in [6.07, 6.45) is 8.46. The van der Waals surface area contributed by atoms with Crippen molar-refractivity contribution in [3.05, 3.63) is 41.2 Å². The normalized spacial score (nSPS) is 32.1. The predicted molar refractivity (Wildman–Crippen MR) is 113 cm³/mol. The maximum absolute atomic E-state index is 5.72. The molecule has 2 aromatic heterocycles. The molecule has 0 amide bonds. The fourth-order valence-corrected chi connectivity index (χ4v) is 7.29. The first-order valence-electron chi connectivity index (χ1n) is 10.6. The Morgan fingerprint density at radius 2 is 1.71 bits per heavy atom. The maximum Gasteiger partial charge on any atom is 0.195 e. The second-order valence-electron chi connectivity index (χ2n) is 9.57. The van der Waals surface area contributed by atoms with Crippen LogP contribution in [0.3, 0.4) is 0 Å². The Morgan fingerprint density at radius 1 is 1.04 bits per heavy atom. The van der Waals surface area contributed by atoms with E-state index in [1.165, 1.54) is 38.5 Å². The van der Waals surface area contributed by atoms with Crippen LogP contribution in [0.2, 0.25) is 0 Å². The lowest BCUT2D eigenvalue weighted by Crippen LogP contribution is -2.49. The molecule has 7 rings (SSSR count). The van der Waals surface area contributed by atoms with Crippen LogP contribution >= 0.6 is 12.2 Å². The Labute approximate surface area is 170 Å². The Bertz CT molecular complexity index is 1080. The van der Waals surface area contributed by atoms with Crippen LogP contribution in [-0.4, -0.2) is 19.7 Å². The predicted octanol–water partition coefficient (Wildman–Crippen LogP) is 5.93. The second kappa shape index (κ2) is 5.99. The van der Waals surface area contributed by atoms with Crippen LogP contribution in [0.1, 0.15) is 51.5 Å². The van der Waals surface area contributed by atoms with Gasteiger partial charge in [0.15, 0.2) is 10.6 Å². The van der Waals surface area contributed by atoms with Gasteiger partial charge in [-0.05, 0) is 93.0 Å². The standard InChI is InChI=1S/C23H26N4S/c1-14(23-11-15-8-16(12-23)10-17(9-15)13-23)27-21(25-26-22(27)28)20-7-6-18-4-2-3-5-19(18)24-20/h2-7,14-17H,8-13H2,1H3,(H,26,28). The number of benzene rings is 1. The first-order chi connectivity index (χ1) is 13.6. The number of H-pyrrole nitrogens is 1. The molecule has 4 fully saturated rings. The van der Waals surface area contributed by atoms with Gasteiger partial charge in [-0.2, -0.15) is 5.10 Å². The van der Waals surface area contributed by atoms with Gasteiger partial charge in [0, 0.05) is 11.4 Å². The van der Waals surface area contributed by atoms with E-state index in [1.807, 2.05) is 6.07 Å². The van der Waals surface area contributed by atoms with Gasteiger partial charge in [-0.3, -0.25) is 9.67 Å². The number of aromatic nitrogens is 4. The fraction of sp³-hybridized carbons (Fsp3) is 0.522. The number of aromatic amines is 1. The summed E-state index contributed by atoms with van der Waals surface area (Å²) in [7, 11) is 0. The van der Waals surface area contributed by atoms with Gasteiger partial charge in [0.25, 0.3) is 0 Å². The largest absolute Gasteiger partial charge is 0.295 e. The van der Waals surface area contributed by atoms with Crippen molar-refractivity contribution >= 4 is 23.1 Å². The highest BCUT2D eigenvalue weighted by molar-refractivity contribution is 7.71. The third-order valence-electron chi connectivity index (χ3n) is 7.89. The molecule has 4 bridgehead atoms. The molecule has 5 heteroatoms. The molecule has 4 aliphatic carbocycles. The zero-order valence-corrected chi connectivity index (χ0v) is 17.1. The molecule has 1 unspecified atom stereocenters. The lowest BCUT2D eigenvalue weighted by atomic mass is 9.48. The summed E-state index contributed by atoms with van der Waals surface area (Å²) in [5, 5.41) is 8.85. The van der Waals surface area contributed by atoms with Gasteiger partial charge in [-0.15, -0.1) is 0 Å². The van der Waals surface area contributed by atoms with Gasteiger partial charge in [0.05, 0.1) is 5.52 Å². The fourth-order valence-electron chi connectivity index (χ4n) is 7.00. The summed E-state index contributed by atoms with van der Waals surface area (Å²) in [5.41, 5.74) is 2.29. The van der Waals surface area contributed by atoms with Crippen LogP contribution in [0.15, 0.2) is 36.4 Å². The second-order valence-corrected chi connectivity index (χ2v) is 9.95. The average molecular weight is 391 g/mol. The minimum atomic E-state index is 0.357. The van der Waals surface area contributed by atoms with E-state index < -0.39 is 0 Å². The third-order valence-corrected chi connectivity index (χ3v) is 8.18. The molecule has 1 atom stereocenters. The molecule has 0 spiro atoms. The monoisotopic (exact) mass is 390 g/mol. The molecule has 4 saturated carbocycles. The van der Waals surface area contributed by atoms with Gasteiger partial charge in [-0.25, -0.2) is 4.98 Å². The molecule has 1 aromatic carbocycles. The summed E-state index contributed by atoms with van der Waals surface area (Å²) < 4.78 is 3.01. The van der Waals surface area contributed by atoms with E-state index in [9.17, 15) is 0 Å². The van der Waals surface area contributed by atoms with E-state index in [1.54, 1.807) is 0 Å². The number of nitrogens with zero attached hydrogens (tertiary/aromatic N) is 3. The van der Waals surface area contributed by atoms with Crippen LogP contribution in [0.4, 0.5) is 0 Å².